The lowest BCUT2D eigenvalue weighted by molar-refractivity contribution is 0.0526. The highest BCUT2D eigenvalue weighted by Gasteiger charge is 2.19. The predicted molar refractivity (Wildman–Crippen MR) is 74.3 cm³/mol. The molecule has 1 heterocycles. The van der Waals surface area contributed by atoms with Crippen molar-refractivity contribution in [2.75, 3.05) is 13.7 Å². The minimum Gasteiger partial charge on any atom is -0.496 e. The van der Waals surface area contributed by atoms with Crippen molar-refractivity contribution >= 4 is 40.1 Å². The van der Waals surface area contributed by atoms with E-state index in [0.29, 0.717) is 21.7 Å². The molecule has 100 valence electrons. The minimum atomic E-state index is -0.524. The summed E-state index contributed by atoms with van der Waals surface area (Å²) in [6, 6.07) is 3.34. The van der Waals surface area contributed by atoms with Crippen LogP contribution < -0.4 is 4.74 Å². The van der Waals surface area contributed by atoms with E-state index in [-0.39, 0.29) is 17.2 Å². The molecule has 0 amide bonds. The van der Waals surface area contributed by atoms with Crippen molar-refractivity contribution in [3.8, 4) is 5.75 Å². The van der Waals surface area contributed by atoms with E-state index in [4.69, 9.17) is 32.7 Å². The SMILES string of the molecule is CCOC(=O)c1cnc2c(Cl)ccc(OC)c2c1Cl. The molecule has 1 aromatic carbocycles. The van der Waals surface area contributed by atoms with Gasteiger partial charge in [0.2, 0.25) is 0 Å². The number of nitrogens with zero attached hydrogens (tertiary/aromatic N) is 1. The number of carbonyl (C=O) groups excluding carboxylic acids is 1. The summed E-state index contributed by atoms with van der Waals surface area (Å²) in [4.78, 5) is 15.9. The average molecular weight is 300 g/mol. The van der Waals surface area contributed by atoms with E-state index in [1.807, 2.05) is 0 Å². The van der Waals surface area contributed by atoms with Crippen molar-refractivity contribution in [1.29, 1.82) is 0 Å². The number of pyridine rings is 1. The van der Waals surface area contributed by atoms with Crippen LogP contribution in [0.2, 0.25) is 10.0 Å². The third-order valence-electron chi connectivity index (χ3n) is 2.58. The number of methoxy groups -OCH3 is 1. The molecule has 0 N–H and O–H groups in total. The van der Waals surface area contributed by atoms with Gasteiger partial charge < -0.3 is 9.47 Å². The molecule has 2 aromatic rings. The normalized spacial score (nSPS) is 10.5. The van der Waals surface area contributed by atoms with Crippen molar-refractivity contribution in [3.05, 3.63) is 33.9 Å². The Morgan fingerprint density at radius 1 is 1.37 bits per heavy atom. The quantitative estimate of drug-likeness (QED) is 0.810. The number of hydrogen-bond donors (Lipinski definition) is 0. The fourth-order valence-corrected chi connectivity index (χ4v) is 2.24. The topological polar surface area (TPSA) is 48.4 Å². The molecule has 4 nitrogen and oxygen atoms in total. The Labute approximate surface area is 120 Å². The van der Waals surface area contributed by atoms with E-state index in [1.165, 1.54) is 13.3 Å². The van der Waals surface area contributed by atoms with Crippen molar-refractivity contribution in [1.82, 2.24) is 4.98 Å². The Balaban J connectivity index is 2.73. The monoisotopic (exact) mass is 299 g/mol. The fourth-order valence-electron chi connectivity index (χ4n) is 1.73. The molecule has 0 aliphatic rings. The lowest BCUT2D eigenvalue weighted by Crippen LogP contribution is -2.06. The summed E-state index contributed by atoms with van der Waals surface area (Å²) in [7, 11) is 1.51. The summed E-state index contributed by atoms with van der Waals surface area (Å²) >= 11 is 12.3. The number of fused-ring (bicyclic) bond motifs is 1. The zero-order chi connectivity index (χ0) is 14.0. The van der Waals surface area contributed by atoms with Gasteiger partial charge in [-0.3, -0.25) is 4.98 Å². The van der Waals surface area contributed by atoms with Gasteiger partial charge in [-0.05, 0) is 19.1 Å². The molecule has 0 fully saturated rings. The lowest BCUT2D eigenvalue weighted by atomic mass is 10.1. The Bertz CT molecular complexity index is 643. The van der Waals surface area contributed by atoms with Crippen LogP contribution in [-0.2, 0) is 4.74 Å². The molecular weight excluding hydrogens is 289 g/mol. The molecule has 0 radical (unpaired) electrons. The Morgan fingerprint density at radius 3 is 2.74 bits per heavy atom. The van der Waals surface area contributed by atoms with Gasteiger partial charge in [0.05, 0.1) is 40.2 Å². The molecule has 2 rings (SSSR count). The highest BCUT2D eigenvalue weighted by Crippen LogP contribution is 2.36. The van der Waals surface area contributed by atoms with Crippen LogP contribution in [0.15, 0.2) is 18.3 Å². The molecule has 1 aromatic heterocycles. The molecule has 0 aliphatic heterocycles. The van der Waals surface area contributed by atoms with E-state index >= 15 is 0 Å². The first-order valence-corrected chi connectivity index (χ1v) is 6.33. The fraction of sp³-hybridized carbons (Fsp3) is 0.231. The highest BCUT2D eigenvalue weighted by molar-refractivity contribution is 6.41. The van der Waals surface area contributed by atoms with Crippen molar-refractivity contribution in [3.63, 3.8) is 0 Å². The Hall–Kier alpha value is -1.52. The zero-order valence-corrected chi connectivity index (χ0v) is 11.9. The van der Waals surface area contributed by atoms with Gasteiger partial charge in [0, 0.05) is 6.20 Å². The van der Waals surface area contributed by atoms with Gasteiger partial charge >= 0.3 is 5.97 Å². The molecule has 0 aliphatic carbocycles. The van der Waals surface area contributed by atoms with Crippen molar-refractivity contribution in [2.24, 2.45) is 0 Å². The Morgan fingerprint density at radius 2 is 2.11 bits per heavy atom. The van der Waals surface area contributed by atoms with Crippen LogP contribution in [0.1, 0.15) is 17.3 Å². The first kappa shape index (κ1) is 13.9. The number of halogens is 2. The second kappa shape index (κ2) is 5.63. The summed E-state index contributed by atoms with van der Waals surface area (Å²) in [5.74, 6) is -0.0213. The summed E-state index contributed by atoms with van der Waals surface area (Å²) < 4.78 is 10.1. The van der Waals surface area contributed by atoms with Crippen LogP contribution in [0.3, 0.4) is 0 Å². The molecular formula is C13H11Cl2NO3. The molecule has 0 unspecified atom stereocenters. The number of carbonyl (C=O) groups is 1. The molecule has 0 saturated carbocycles. The van der Waals surface area contributed by atoms with Gasteiger partial charge in [0.1, 0.15) is 5.75 Å². The maximum Gasteiger partial charge on any atom is 0.341 e. The van der Waals surface area contributed by atoms with Gasteiger partial charge in [0.15, 0.2) is 0 Å². The van der Waals surface area contributed by atoms with E-state index in [2.05, 4.69) is 4.98 Å². The van der Waals surface area contributed by atoms with E-state index < -0.39 is 5.97 Å². The van der Waals surface area contributed by atoms with E-state index in [9.17, 15) is 4.79 Å². The minimum absolute atomic E-state index is 0.191. The summed E-state index contributed by atoms with van der Waals surface area (Å²) in [5.41, 5.74) is 0.677. The molecule has 0 bridgehead atoms. The molecule has 0 atom stereocenters. The second-order valence-corrected chi connectivity index (χ2v) is 4.46. The van der Waals surface area contributed by atoms with Crippen LogP contribution in [0.4, 0.5) is 0 Å². The van der Waals surface area contributed by atoms with Crippen molar-refractivity contribution < 1.29 is 14.3 Å². The maximum atomic E-state index is 11.8. The number of esters is 1. The number of rotatable bonds is 3. The van der Waals surface area contributed by atoms with E-state index in [1.54, 1.807) is 19.1 Å². The molecule has 19 heavy (non-hydrogen) atoms. The average Bonchev–Trinajstić information content (AvgIpc) is 2.40. The van der Waals surface area contributed by atoms with Crippen molar-refractivity contribution in [2.45, 2.75) is 6.92 Å². The predicted octanol–water partition coefficient (Wildman–Crippen LogP) is 3.73. The van der Waals surface area contributed by atoms with Gasteiger partial charge in [-0.2, -0.15) is 0 Å². The molecule has 6 heteroatoms. The summed E-state index contributed by atoms with van der Waals surface area (Å²) in [5, 5.41) is 1.16. The van der Waals surface area contributed by atoms with Crippen LogP contribution in [0.5, 0.6) is 5.75 Å². The van der Waals surface area contributed by atoms with Crippen LogP contribution >= 0.6 is 23.2 Å². The summed E-state index contributed by atoms with van der Waals surface area (Å²) in [6.07, 6.45) is 1.36. The third kappa shape index (κ3) is 2.46. The number of aromatic nitrogens is 1. The maximum absolute atomic E-state index is 11.8. The lowest BCUT2D eigenvalue weighted by Gasteiger charge is -2.10. The zero-order valence-electron chi connectivity index (χ0n) is 10.4. The smallest absolute Gasteiger partial charge is 0.341 e. The van der Waals surface area contributed by atoms with Crippen LogP contribution in [0, 0.1) is 0 Å². The van der Waals surface area contributed by atoms with E-state index in [0.717, 1.165) is 0 Å². The van der Waals surface area contributed by atoms with Gasteiger partial charge in [-0.1, -0.05) is 23.2 Å². The standard InChI is InChI=1S/C13H11Cl2NO3/c1-3-19-13(17)7-6-16-12-8(14)4-5-9(18-2)10(12)11(7)15/h4-6H,3H2,1-2H3. The van der Waals surface area contributed by atoms with Gasteiger partial charge in [0.25, 0.3) is 0 Å². The molecule has 0 spiro atoms. The first-order chi connectivity index (χ1) is 9.10. The van der Waals surface area contributed by atoms with Gasteiger partial charge in [-0.15, -0.1) is 0 Å². The first-order valence-electron chi connectivity index (χ1n) is 5.58. The molecule has 0 saturated heterocycles. The highest BCUT2D eigenvalue weighted by atomic mass is 35.5. The largest absolute Gasteiger partial charge is 0.496 e. The van der Waals surface area contributed by atoms with Gasteiger partial charge in [-0.25, -0.2) is 4.79 Å². The number of ether oxygens (including phenoxy) is 2. The third-order valence-corrected chi connectivity index (χ3v) is 3.28. The number of benzene rings is 1. The Kier molecular flexibility index (Phi) is 4.12. The number of hydrogen-bond acceptors (Lipinski definition) is 4. The second-order valence-electron chi connectivity index (χ2n) is 3.68. The summed E-state index contributed by atoms with van der Waals surface area (Å²) in [6.45, 7) is 1.98. The van der Waals surface area contributed by atoms with Crippen LogP contribution in [0.25, 0.3) is 10.9 Å². The van der Waals surface area contributed by atoms with Crippen LogP contribution in [-0.4, -0.2) is 24.7 Å².